The predicted octanol–water partition coefficient (Wildman–Crippen LogP) is 1.07. The number of ether oxygens (including phenoxy) is 1. The van der Waals surface area contributed by atoms with E-state index in [1.807, 2.05) is 0 Å². The number of esters is 1. The molecule has 2 aromatic rings. The minimum absolute atomic E-state index is 0.0586. The molecule has 0 aliphatic carbocycles. The average molecular weight is 316 g/mol. The highest BCUT2D eigenvalue weighted by atomic mass is 32.2. The number of hydrogen-bond acceptors (Lipinski definition) is 7. The molecular formula is C11H12N2O5S2. The van der Waals surface area contributed by atoms with Crippen LogP contribution in [0.1, 0.15) is 11.5 Å². The van der Waals surface area contributed by atoms with Crippen molar-refractivity contribution in [2.75, 3.05) is 6.54 Å². The number of aromatic nitrogens is 1. The lowest BCUT2D eigenvalue weighted by Crippen LogP contribution is -2.30. The lowest BCUT2D eigenvalue weighted by atomic mass is 10.4. The van der Waals surface area contributed by atoms with E-state index in [2.05, 4.69) is 9.88 Å². The molecule has 9 heteroatoms. The number of aryl methyl sites for hydroxylation is 1. The molecule has 7 nitrogen and oxygen atoms in total. The predicted molar refractivity (Wildman–Crippen MR) is 70.5 cm³/mol. The molecule has 0 fully saturated rings. The van der Waals surface area contributed by atoms with Gasteiger partial charge < -0.3 is 9.26 Å². The topological polar surface area (TPSA) is 98.5 Å². The minimum atomic E-state index is -3.66. The summed E-state index contributed by atoms with van der Waals surface area (Å²) in [4.78, 5) is 11.4. The van der Waals surface area contributed by atoms with Crippen LogP contribution >= 0.6 is 11.3 Å². The van der Waals surface area contributed by atoms with E-state index in [9.17, 15) is 13.2 Å². The minimum Gasteiger partial charge on any atom is -0.458 e. The molecule has 0 saturated carbocycles. The van der Waals surface area contributed by atoms with Gasteiger partial charge in [0.25, 0.3) is 10.0 Å². The summed E-state index contributed by atoms with van der Waals surface area (Å²) in [5.41, 5.74) is 0.469. The van der Waals surface area contributed by atoms with E-state index >= 15 is 0 Å². The average Bonchev–Trinajstić information content (AvgIpc) is 3.05. The Morgan fingerprint density at radius 1 is 1.55 bits per heavy atom. The van der Waals surface area contributed by atoms with Crippen LogP contribution in [-0.2, 0) is 26.2 Å². The Hall–Kier alpha value is -1.71. The number of sulfonamides is 1. The van der Waals surface area contributed by atoms with Crippen molar-refractivity contribution >= 4 is 27.3 Å². The zero-order chi connectivity index (χ0) is 14.6. The van der Waals surface area contributed by atoms with Gasteiger partial charge >= 0.3 is 5.97 Å². The molecular weight excluding hydrogens is 304 g/mol. The molecule has 2 aromatic heterocycles. The van der Waals surface area contributed by atoms with E-state index in [4.69, 9.17) is 9.26 Å². The van der Waals surface area contributed by atoms with Gasteiger partial charge in [0.05, 0.1) is 0 Å². The lowest BCUT2D eigenvalue weighted by Gasteiger charge is -2.04. The first-order chi connectivity index (χ1) is 9.47. The van der Waals surface area contributed by atoms with E-state index in [-0.39, 0.29) is 10.8 Å². The Kier molecular flexibility index (Phi) is 4.53. The molecule has 2 heterocycles. The van der Waals surface area contributed by atoms with E-state index < -0.39 is 22.5 Å². The van der Waals surface area contributed by atoms with Crippen molar-refractivity contribution in [3.8, 4) is 0 Å². The molecule has 0 bridgehead atoms. The molecule has 2 rings (SSSR count). The van der Waals surface area contributed by atoms with Crippen LogP contribution in [0.4, 0.5) is 0 Å². The summed E-state index contributed by atoms with van der Waals surface area (Å²) in [6.07, 6.45) is 0. The number of hydrogen-bond donors (Lipinski definition) is 1. The summed E-state index contributed by atoms with van der Waals surface area (Å²) in [6, 6.07) is 4.70. The molecule has 0 aliphatic rings. The molecule has 108 valence electrons. The SMILES string of the molecule is Cc1cc(COC(=O)CNS(=O)(=O)c2cccs2)no1. The van der Waals surface area contributed by atoms with Crippen LogP contribution in [0.15, 0.2) is 32.3 Å². The summed E-state index contributed by atoms with van der Waals surface area (Å²) >= 11 is 1.07. The highest BCUT2D eigenvalue weighted by Gasteiger charge is 2.17. The summed E-state index contributed by atoms with van der Waals surface area (Å²) in [6.45, 7) is 1.22. The third-order valence-electron chi connectivity index (χ3n) is 2.22. The van der Waals surface area contributed by atoms with Crippen LogP contribution in [0.5, 0.6) is 0 Å². The number of carbonyl (C=O) groups is 1. The number of rotatable bonds is 6. The monoisotopic (exact) mass is 316 g/mol. The first kappa shape index (κ1) is 14.7. The number of carbonyl (C=O) groups excluding carboxylic acids is 1. The van der Waals surface area contributed by atoms with Gasteiger partial charge in [-0.05, 0) is 18.4 Å². The lowest BCUT2D eigenvalue weighted by molar-refractivity contribution is -0.143. The molecule has 0 spiro atoms. The Bertz CT molecular complexity index is 675. The fourth-order valence-corrected chi connectivity index (χ4v) is 3.34. The van der Waals surface area contributed by atoms with Crippen LogP contribution < -0.4 is 4.72 Å². The molecule has 0 saturated heterocycles. The van der Waals surface area contributed by atoms with Gasteiger partial charge in [-0.2, -0.15) is 4.72 Å². The van der Waals surface area contributed by atoms with Gasteiger partial charge in [-0.15, -0.1) is 11.3 Å². The maximum atomic E-state index is 11.7. The normalized spacial score (nSPS) is 11.4. The first-order valence-corrected chi connectivity index (χ1v) is 7.94. The molecule has 0 amide bonds. The maximum absolute atomic E-state index is 11.7. The van der Waals surface area contributed by atoms with Gasteiger partial charge in [-0.1, -0.05) is 11.2 Å². The summed E-state index contributed by atoms with van der Waals surface area (Å²) in [7, 11) is -3.66. The van der Waals surface area contributed by atoms with E-state index in [1.165, 1.54) is 6.07 Å². The Morgan fingerprint density at radius 3 is 2.95 bits per heavy atom. The van der Waals surface area contributed by atoms with Crippen LogP contribution in [0.25, 0.3) is 0 Å². The van der Waals surface area contributed by atoms with E-state index in [0.717, 1.165) is 11.3 Å². The van der Waals surface area contributed by atoms with E-state index in [0.29, 0.717) is 11.5 Å². The van der Waals surface area contributed by atoms with Crippen molar-refractivity contribution in [1.29, 1.82) is 0 Å². The zero-order valence-electron chi connectivity index (χ0n) is 10.5. The summed E-state index contributed by atoms with van der Waals surface area (Å²) < 4.78 is 35.5. The van der Waals surface area contributed by atoms with Crippen molar-refractivity contribution in [3.63, 3.8) is 0 Å². The van der Waals surface area contributed by atoms with Crippen molar-refractivity contribution in [2.24, 2.45) is 0 Å². The number of nitrogens with one attached hydrogen (secondary N) is 1. The quantitative estimate of drug-likeness (QED) is 0.800. The smallest absolute Gasteiger partial charge is 0.321 e. The molecule has 0 aliphatic heterocycles. The van der Waals surface area contributed by atoms with Gasteiger partial charge in [0, 0.05) is 6.07 Å². The third-order valence-corrected chi connectivity index (χ3v) is 5.02. The van der Waals surface area contributed by atoms with Gasteiger partial charge in [0.15, 0.2) is 0 Å². The van der Waals surface area contributed by atoms with Gasteiger partial charge in [-0.25, -0.2) is 8.42 Å². The van der Waals surface area contributed by atoms with E-state index in [1.54, 1.807) is 24.4 Å². The molecule has 0 atom stereocenters. The van der Waals surface area contributed by atoms with Crippen molar-refractivity contribution < 1.29 is 22.5 Å². The first-order valence-electron chi connectivity index (χ1n) is 5.58. The fourth-order valence-electron chi connectivity index (χ4n) is 1.33. The molecule has 1 N–H and O–H groups in total. The highest BCUT2D eigenvalue weighted by molar-refractivity contribution is 7.91. The molecule has 0 unspecified atom stereocenters. The van der Waals surface area contributed by atoms with Crippen LogP contribution in [-0.4, -0.2) is 26.1 Å². The zero-order valence-corrected chi connectivity index (χ0v) is 12.2. The third kappa shape index (κ3) is 3.89. The molecule has 20 heavy (non-hydrogen) atoms. The van der Waals surface area contributed by atoms with Crippen LogP contribution in [0.3, 0.4) is 0 Å². The Balaban J connectivity index is 1.81. The molecule has 0 radical (unpaired) electrons. The maximum Gasteiger partial charge on any atom is 0.321 e. The number of nitrogens with zero attached hydrogens (tertiary/aromatic N) is 1. The summed E-state index contributed by atoms with van der Waals surface area (Å²) in [5.74, 6) is -0.0831. The van der Waals surface area contributed by atoms with Gasteiger partial charge in [0.2, 0.25) is 0 Å². The Morgan fingerprint density at radius 2 is 2.35 bits per heavy atom. The second kappa shape index (κ2) is 6.16. The van der Waals surface area contributed by atoms with Gasteiger partial charge in [0.1, 0.15) is 28.8 Å². The van der Waals surface area contributed by atoms with Crippen molar-refractivity contribution in [1.82, 2.24) is 9.88 Å². The fraction of sp³-hybridized carbons (Fsp3) is 0.273. The van der Waals surface area contributed by atoms with Crippen LogP contribution in [0.2, 0.25) is 0 Å². The second-order valence-electron chi connectivity index (χ2n) is 3.85. The van der Waals surface area contributed by atoms with Gasteiger partial charge in [-0.3, -0.25) is 4.79 Å². The Labute approximate surface area is 119 Å². The van der Waals surface area contributed by atoms with Crippen molar-refractivity contribution in [2.45, 2.75) is 17.7 Å². The summed E-state index contributed by atoms with van der Waals surface area (Å²) in [5, 5.41) is 5.29. The molecule has 0 aromatic carbocycles. The van der Waals surface area contributed by atoms with Crippen molar-refractivity contribution in [3.05, 3.63) is 35.0 Å². The largest absolute Gasteiger partial charge is 0.458 e. The second-order valence-corrected chi connectivity index (χ2v) is 6.79. The van der Waals surface area contributed by atoms with Crippen LogP contribution in [0, 0.1) is 6.92 Å². The standard InChI is InChI=1S/C11H12N2O5S2/c1-8-5-9(13-18-8)7-17-10(14)6-12-20(15,16)11-3-2-4-19-11/h2-5,12H,6-7H2,1H3. The highest BCUT2D eigenvalue weighted by Crippen LogP contribution is 2.14. The number of thiophene rings is 1.